The fourth-order valence-electron chi connectivity index (χ4n) is 2.28. The number of nitrogens with zero attached hydrogens (tertiary/aromatic N) is 4. The molecule has 0 aromatic carbocycles. The Kier molecular flexibility index (Phi) is 2.24. The van der Waals surface area contributed by atoms with Crippen molar-refractivity contribution >= 4 is 17.7 Å². The molecule has 1 aromatic rings. The number of carbonyl (C=O) groups is 1. The molecule has 0 aliphatic carbocycles. The van der Waals surface area contributed by atoms with E-state index in [0.717, 1.165) is 13.1 Å². The predicted molar refractivity (Wildman–Crippen MR) is 62.6 cm³/mol. The van der Waals surface area contributed by atoms with E-state index < -0.39 is 0 Å². The first kappa shape index (κ1) is 10.1. The second kappa shape index (κ2) is 3.76. The van der Waals surface area contributed by atoms with Gasteiger partial charge in [-0.2, -0.15) is 0 Å². The highest BCUT2D eigenvalue weighted by atomic mass is 16.2. The molecule has 17 heavy (non-hydrogen) atoms. The average molecular weight is 234 g/mol. The fourth-order valence-corrected chi connectivity index (χ4v) is 2.28. The van der Waals surface area contributed by atoms with Gasteiger partial charge in [-0.05, 0) is 0 Å². The van der Waals surface area contributed by atoms with Gasteiger partial charge in [0.15, 0.2) is 0 Å². The van der Waals surface area contributed by atoms with Gasteiger partial charge in [0, 0.05) is 26.2 Å². The number of hydrogen-bond acceptors (Lipinski definition) is 5. The summed E-state index contributed by atoms with van der Waals surface area (Å²) in [5.41, 5.74) is 6.11. The van der Waals surface area contributed by atoms with E-state index in [2.05, 4.69) is 20.2 Å². The molecule has 0 spiro atoms. The van der Waals surface area contributed by atoms with E-state index in [1.807, 2.05) is 4.90 Å². The van der Waals surface area contributed by atoms with Crippen LogP contribution in [0.1, 0.15) is 0 Å². The number of aromatic nitrogens is 2. The molecule has 7 nitrogen and oxygen atoms in total. The van der Waals surface area contributed by atoms with E-state index in [9.17, 15) is 4.79 Å². The molecule has 2 aliphatic rings. The molecule has 7 heteroatoms. The van der Waals surface area contributed by atoms with Crippen molar-refractivity contribution in [3.63, 3.8) is 0 Å². The molecular weight excluding hydrogens is 220 g/mol. The fraction of sp³-hybridized carbons (Fsp3) is 0.500. The second-order valence-corrected chi connectivity index (χ2v) is 4.30. The van der Waals surface area contributed by atoms with Gasteiger partial charge in [-0.3, -0.25) is 0 Å². The first-order valence-corrected chi connectivity index (χ1v) is 5.61. The van der Waals surface area contributed by atoms with E-state index in [0.29, 0.717) is 24.7 Å². The van der Waals surface area contributed by atoms with Crippen molar-refractivity contribution in [1.82, 2.24) is 20.2 Å². The summed E-state index contributed by atoms with van der Waals surface area (Å²) in [6.07, 6.45) is 3.21. The van der Waals surface area contributed by atoms with Crippen LogP contribution in [0.5, 0.6) is 0 Å². The lowest BCUT2D eigenvalue weighted by Gasteiger charge is -2.36. The number of anilines is 2. The monoisotopic (exact) mass is 234 g/mol. The Morgan fingerprint density at radius 3 is 2.88 bits per heavy atom. The first-order chi connectivity index (χ1) is 8.24. The third-order valence-electron chi connectivity index (χ3n) is 3.17. The lowest BCUT2D eigenvalue weighted by Crippen LogP contribution is -2.52. The summed E-state index contributed by atoms with van der Waals surface area (Å²) < 4.78 is 0. The van der Waals surface area contributed by atoms with Gasteiger partial charge in [-0.1, -0.05) is 0 Å². The van der Waals surface area contributed by atoms with Crippen LogP contribution in [0, 0.1) is 0 Å². The summed E-state index contributed by atoms with van der Waals surface area (Å²) in [6, 6.07) is 0.255. The number of nitrogens with one attached hydrogen (secondary N) is 1. The van der Waals surface area contributed by atoms with Crippen LogP contribution in [0.2, 0.25) is 0 Å². The van der Waals surface area contributed by atoms with Crippen molar-refractivity contribution < 1.29 is 4.79 Å². The lowest BCUT2D eigenvalue weighted by atomic mass is 10.2. The van der Waals surface area contributed by atoms with Crippen molar-refractivity contribution in [3.05, 3.63) is 12.4 Å². The van der Waals surface area contributed by atoms with Crippen LogP contribution < -0.4 is 16.0 Å². The molecule has 1 atom stereocenters. The van der Waals surface area contributed by atoms with Crippen molar-refractivity contribution in [2.24, 2.45) is 0 Å². The Balaban J connectivity index is 1.75. The maximum atomic E-state index is 11.4. The van der Waals surface area contributed by atoms with Gasteiger partial charge in [0.25, 0.3) is 0 Å². The third-order valence-corrected chi connectivity index (χ3v) is 3.17. The molecule has 2 fully saturated rings. The van der Waals surface area contributed by atoms with E-state index in [1.54, 1.807) is 12.4 Å². The zero-order valence-electron chi connectivity index (χ0n) is 9.33. The first-order valence-electron chi connectivity index (χ1n) is 5.61. The number of rotatable bonds is 1. The topological polar surface area (TPSA) is 87.4 Å². The summed E-state index contributed by atoms with van der Waals surface area (Å²) in [5, 5.41) is 2.84. The Labute approximate surface area is 98.6 Å². The number of fused-ring (bicyclic) bond motifs is 1. The minimum absolute atomic E-state index is 0.0351. The maximum Gasteiger partial charge on any atom is 0.317 e. The lowest BCUT2D eigenvalue weighted by molar-refractivity contribution is 0.197. The van der Waals surface area contributed by atoms with Crippen molar-refractivity contribution in [2.75, 3.05) is 36.8 Å². The normalized spacial score (nSPS) is 23.5. The standard InChI is InChI=1S/C10H14N6O/c11-7-3-12-9(13-4-7)15-1-2-16-8(6-15)5-14-10(16)17/h3-4,8H,1-2,5-6,11H2,(H,14,17). The quantitative estimate of drug-likeness (QED) is 0.669. The second-order valence-electron chi connectivity index (χ2n) is 4.30. The van der Waals surface area contributed by atoms with Gasteiger partial charge < -0.3 is 20.9 Å². The van der Waals surface area contributed by atoms with Crippen LogP contribution >= 0.6 is 0 Å². The number of piperazine rings is 1. The molecule has 2 saturated heterocycles. The summed E-state index contributed by atoms with van der Waals surface area (Å²) in [7, 11) is 0. The SMILES string of the molecule is Nc1cnc(N2CCN3C(=O)NCC3C2)nc1. The summed E-state index contributed by atoms with van der Waals surface area (Å²) >= 11 is 0. The molecule has 1 aromatic heterocycles. The van der Waals surface area contributed by atoms with Gasteiger partial charge >= 0.3 is 6.03 Å². The average Bonchev–Trinajstić information content (AvgIpc) is 2.72. The number of urea groups is 1. The largest absolute Gasteiger partial charge is 0.396 e. The van der Waals surface area contributed by atoms with E-state index in [4.69, 9.17) is 5.73 Å². The Bertz CT molecular complexity index is 433. The minimum atomic E-state index is 0.0351. The van der Waals surface area contributed by atoms with Gasteiger partial charge in [0.1, 0.15) is 0 Å². The maximum absolute atomic E-state index is 11.4. The Morgan fingerprint density at radius 1 is 1.35 bits per heavy atom. The number of nitrogen functional groups attached to an aromatic ring is 1. The predicted octanol–water partition coefficient (Wildman–Crippen LogP) is -0.727. The van der Waals surface area contributed by atoms with Crippen LogP contribution in [0.3, 0.4) is 0 Å². The zero-order chi connectivity index (χ0) is 11.8. The van der Waals surface area contributed by atoms with E-state index in [-0.39, 0.29) is 12.1 Å². The Hall–Kier alpha value is -2.05. The van der Waals surface area contributed by atoms with Gasteiger partial charge in [-0.25, -0.2) is 14.8 Å². The zero-order valence-corrected chi connectivity index (χ0v) is 9.33. The van der Waals surface area contributed by atoms with Gasteiger partial charge in [-0.15, -0.1) is 0 Å². The molecule has 3 rings (SSSR count). The smallest absolute Gasteiger partial charge is 0.317 e. The highest BCUT2D eigenvalue weighted by Crippen LogP contribution is 2.17. The number of amides is 2. The molecule has 90 valence electrons. The van der Waals surface area contributed by atoms with E-state index >= 15 is 0 Å². The molecule has 2 amide bonds. The summed E-state index contributed by atoms with van der Waals surface area (Å²) in [6.45, 7) is 2.94. The summed E-state index contributed by atoms with van der Waals surface area (Å²) in [5.74, 6) is 0.679. The molecule has 1 unspecified atom stereocenters. The van der Waals surface area contributed by atoms with Crippen molar-refractivity contribution in [3.8, 4) is 0 Å². The van der Waals surface area contributed by atoms with Crippen LogP contribution in [-0.4, -0.2) is 53.1 Å². The van der Waals surface area contributed by atoms with Crippen molar-refractivity contribution in [2.45, 2.75) is 6.04 Å². The van der Waals surface area contributed by atoms with E-state index in [1.165, 1.54) is 0 Å². The number of nitrogens with two attached hydrogens (primary N) is 1. The molecule has 2 aliphatic heterocycles. The van der Waals surface area contributed by atoms with Crippen LogP contribution in [0.25, 0.3) is 0 Å². The molecule has 3 heterocycles. The Morgan fingerprint density at radius 2 is 2.12 bits per heavy atom. The molecule has 3 N–H and O–H groups in total. The third kappa shape index (κ3) is 1.73. The van der Waals surface area contributed by atoms with Crippen molar-refractivity contribution in [1.29, 1.82) is 0 Å². The highest BCUT2D eigenvalue weighted by molar-refractivity contribution is 5.77. The molecular formula is C10H14N6O. The van der Waals surface area contributed by atoms with Crippen LogP contribution in [0.4, 0.5) is 16.4 Å². The number of hydrogen-bond donors (Lipinski definition) is 2. The molecule has 0 bridgehead atoms. The molecule has 0 radical (unpaired) electrons. The van der Waals surface area contributed by atoms with Crippen LogP contribution in [-0.2, 0) is 0 Å². The highest BCUT2D eigenvalue weighted by Gasteiger charge is 2.35. The minimum Gasteiger partial charge on any atom is -0.396 e. The van der Waals surface area contributed by atoms with Gasteiger partial charge in [0.2, 0.25) is 5.95 Å². The van der Waals surface area contributed by atoms with Gasteiger partial charge in [0.05, 0.1) is 24.1 Å². The summed E-state index contributed by atoms with van der Waals surface area (Å²) in [4.78, 5) is 23.8. The van der Waals surface area contributed by atoms with Crippen LogP contribution in [0.15, 0.2) is 12.4 Å². The number of carbonyl (C=O) groups excluding carboxylic acids is 1. The molecule has 0 saturated carbocycles.